The van der Waals surface area contributed by atoms with E-state index in [1.54, 1.807) is 12.1 Å². The Kier molecular flexibility index (Phi) is 4.46. The number of methoxy groups -OCH3 is 1. The minimum atomic E-state index is -3.40. The summed E-state index contributed by atoms with van der Waals surface area (Å²) in [7, 11) is -1.97. The first-order valence-electron chi connectivity index (χ1n) is 5.32. The van der Waals surface area contributed by atoms with Crippen molar-refractivity contribution in [1.29, 1.82) is 0 Å². The van der Waals surface area contributed by atoms with Gasteiger partial charge in [0, 0.05) is 11.7 Å². The van der Waals surface area contributed by atoms with Crippen LogP contribution in [-0.4, -0.2) is 33.5 Å². The van der Waals surface area contributed by atoms with Crippen LogP contribution in [0.4, 0.5) is 0 Å². The van der Waals surface area contributed by atoms with Gasteiger partial charge in [0.25, 0.3) is 0 Å². The van der Waals surface area contributed by atoms with Gasteiger partial charge >= 0.3 is 0 Å². The lowest BCUT2D eigenvalue weighted by Gasteiger charge is -2.24. The first-order chi connectivity index (χ1) is 8.13. The molecule has 0 unspecified atom stereocenters. The molecular weight excluding hydrogens is 320 g/mol. The van der Waals surface area contributed by atoms with Gasteiger partial charge in [-0.15, -0.1) is 0 Å². The highest BCUT2D eigenvalue weighted by atomic mass is 79.9. The molecule has 0 saturated heterocycles. The fraction of sp³-hybridized carbons (Fsp3) is 0.500. The summed E-state index contributed by atoms with van der Waals surface area (Å²) >= 11 is 3.30. The molecule has 6 heteroatoms. The highest BCUT2D eigenvalue weighted by Gasteiger charge is 2.25. The van der Waals surface area contributed by atoms with Crippen LogP contribution in [-0.2, 0) is 15.3 Å². The minimum Gasteiger partial charge on any atom is -0.494 e. The van der Waals surface area contributed by atoms with Gasteiger partial charge < -0.3 is 9.84 Å². The molecule has 0 bridgehead atoms. The molecule has 18 heavy (non-hydrogen) atoms. The van der Waals surface area contributed by atoms with Crippen molar-refractivity contribution in [3.05, 3.63) is 22.2 Å². The van der Waals surface area contributed by atoms with Crippen molar-refractivity contribution >= 4 is 25.8 Å². The monoisotopic (exact) mass is 336 g/mol. The van der Waals surface area contributed by atoms with Crippen molar-refractivity contribution in [3.63, 3.8) is 0 Å². The predicted octanol–water partition coefficient (Wildman–Crippen LogP) is 2.13. The topological polar surface area (TPSA) is 63.6 Å². The maximum Gasteiger partial charge on any atom is 0.179 e. The third-order valence-electron chi connectivity index (χ3n) is 2.79. The number of hydrogen-bond acceptors (Lipinski definition) is 4. The van der Waals surface area contributed by atoms with Gasteiger partial charge in [-0.2, -0.15) is 0 Å². The summed E-state index contributed by atoms with van der Waals surface area (Å²) in [5.41, 5.74) is 0.215. The number of rotatable bonds is 4. The highest BCUT2D eigenvalue weighted by Crippen LogP contribution is 2.37. The van der Waals surface area contributed by atoms with Crippen LogP contribution in [0.15, 0.2) is 21.5 Å². The number of hydrogen-bond donors (Lipinski definition) is 1. The second-order valence-electron chi connectivity index (χ2n) is 4.80. The van der Waals surface area contributed by atoms with Gasteiger partial charge in [-0.25, -0.2) is 8.42 Å². The van der Waals surface area contributed by atoms with Crippen LogP contribution in [0.2, 0.25) is 0 Å². The van der Waals surface area contributed by atoms with E-state index in [2.05, 4.69) is 15.9 Å². The zero-order valence-corrected chi connectivity index (χ0v) is 13.2. The van der Waals surface area contributed by atoms with Crippen LogP contribution < -0.4 is 4.74 Å². The summed E-state index contributed by atoms with van der Waals surface area (Å²) in [6, 6.07) is 3.32. The van der Waals surface area contributed by atoms with Crippen molar-refractivity contribution < 1.29 is 18.3 Å². The van der Waals surface area contributed by atoms with Crippen molar-refractivity contribution in [2.75, 3.05) is 20.0 Å². The Morgan fingerprint density at radius 1 is 1.39 bits per heavy atom. The molecular formula is C12H17BrO4S. The Labute approximate surface area is 116 Å². The van der Waals surface area contributed by atoms with E-state index < -0.39 is 15.3 Å². The molecule has 1 aromatic rings. The number of sulfone groups is 1. The Morgan fingerprint density at radius 2 is 1.94 bits per heavy atom. The summed E-state index contributed by atoms with van der Waals surface area (Å²) in [6.45, 7) is 3.61. The van der Waals surface area contributed by atoms with Gasteiger partial charge in [-0.3, -0.25) is 0 Å². The smallest absolute Gasteiger partial charge is 0.179 e. The number of benzene rings is 1. The van der Waals surface area contributed by atoms with Gasteiger partial charge in [0.15, 0.2) is 15.6 Å². The molecule has 0 saturated carbocycles. The van der Waals surface area contributed by atoms with E-state index in [1.807, 2.05) is 13.8 Å². The van der Waals surface area contributed by atoms with E-state index in [1.165, 1.54) is 7.11 Å². The van der Waals surface area contributed by atoms with Gasteiger partial charge in [-0.1, -0.05) is 13.8 Å². The summed E-state index contributed by atoms with van der Waals surface area (Å²) in [4.78, 5) is 0.121. The lowest BCUT2D eigenvalue weighted by Crippen LogP contribution is -2.22. The predicted molar refractivity (Wildman–Crippen MR) is 73.9 cm³/mol. The van der Waals surface area contributed by atoms with Crippen LogP contribution in [0.3, 0.4) is 0 Å². The molecule has 0 spiro atoms. The Bertz CT molecular complexity index is 549. The summed E-state index contributed by atoms with van der Waals surface area (Å²) in [5, 5.41) is 9.36. The first-order valence-corrected chi connectivity index (χ1v) is 8.01. The number of aliphatic hydroxyl groups excluding tert-OH is 1. The highest BCUT2D eigenvalue weighted by molar-refractivity contribution is 9.10. The Hall–Kier alpha value is -0.590. The zero-order valence-electron chi connectivity index (χ0n) is 10.8. The molecule has 0 fully saturated rings. The van der Waals surface area contributed by atoms with E-state index >= 15 is 0 Å². The number of aliphatic hydroxyl groups is 1. The quantitative estimate of drug-likeness (QED) is 0.914. The molecule has 0 aliphatic carbocycles. The third-order valence-corrected chi connectivity index (χ3v) is 4.48. The second kappa shape index (κ2) is 5.19. The lowest BCUT2D eigenvalue weighted by atomic mass is 9.86. The first kappa shape index (κ1) is 15.5. The van der Waals surface area contributed by atoms with Crippen LogP contribution >= 0.6 is 15.9 Å². The normalized spacial score (nSPS) is 12.6. The van der Waals surface area contributed by atoms with Crippen LogP contribution in [0.5, 0.6) is 5.75 Å². The Balaban J connectivity index is 3.60. The van der Waals surface area contributed by atoms with E-state index in [0.29, 0.717) is 4.47 Å². The van der Waals surface area contributed by atoms with Gasteiger partial charge in [0.05, 0.1) is 18.2 Å². The standard InChI is InChI=1S/C12H17BrO4S/c1-12(2,7-14)8-5-9(13)11(17-3)10(6-8)18(4,15)16/h5-6,14H,7H2,1-4H3. The minimum absolute atomic E-state index is 0.0744. The third kappa shape index (κ3) is 3.05. The largest absolute Gasteiger partial charge is 0.494 e. The van der Waals surface area contributed by atoms with Gasteiger partial charge in [0.2, 0.25) is 0 Å². The average molecular weight is 337 g/mol. The molecule has 0 atom stereocenters. The molecule has 0 amide bonds. The van der Waals surface area contributed by atoms with Crippen molar-refractivity contribution in [3.8, 4) is 5.75 Å². The molecule has 0 heterocycles. The fourth-order valence-electron chi connectivity index (χ4n) is 1.52. The molecule has 102 valence electrons. The number of halogens is 1. The summed E-state index contributed by atoms with van der Waals surface area (Å²) in [6.07, 6.45) is 1.13. The van der Waals surface area contributed by atoms with E-state index in [9.17, 15) is 13.5 Å². The van der Waals surface area contributed by atoms with Crippen LogP contribution in [0.1, 0.15) is 19.4 Å². The summed E-state index contributed by atoms with van der Waals surface area (Å²) in [5.74, 6) is 0.287. The van der Waals surface area contributed by atoms with Crippen molar-refractivity contribution in [2.24, 2.45) is 0 Å². The fourth-order valence-corrected chi connectivity index (χ4v) is 3.15. The summed E-state index contributed by atoms with van der Waals surface area (Å²) < 4.78 is 29.2. The maximum absolute atomic E-state index is 11.8. The molecule has 4 nitrogen and oxygen atoms in total. The molecule has 0 radical (unpaired) electrons. The molecule has 0 aliphatic heterocycles. The molecule has 0 aliphatic rings. The molecule has 1 N–H and O–H groups in total. The zero-order chi connectivity index (χ0) is 14.1. The van der Waals surface area contributed by atoms with Crippen LogP contribution in [0.25, 0.3) is 0 Å². The van der Waals surface area contributed by atoms with Crippen LogP contribution in [0, 0.1) is 0 Å². The van der Waals surface area contributed by atoms with E-state index in [0.717, 1.165) is 11.8 Å². The molecule has 1 rings (SSSR count). The second-order valence-corrected chi connectivity index (χ2v) is 7.64. The van der Waals surface area contributed by atoms with E-state index in [4.69, 9.17) is 4.74 Å². The molecule has 0 aromatic heterocycles. The lowest BCUT2D eigenvalue weighted by molar-refractivity contribution is 0.218. The Morgan fingerprint density at radius 3 is 2.33 bits per heavy atom. The van der Waals surface area contributed by atoms with Crippen molar-refractivity contribution in [2.45, 2.75) is 24.2 Å². The average Bonchev–Trinajstić information content (AvgIpc) is 2.26. The molecule has 1 aromatic carbocycles. The SMILES string of the molecule is COc1c(Br)cc(C(C)(C)CO)cc1S(C)(=O)=O. The van der Waals surface area contributed by atoms with Crippen molar-refractivity contribution in [1.82, 2.24) is 0 Å². The van der Waals surface area contributed by atoms with Gasteiger partial charge in [0.1, 0.15) is 4.90 Å². The van der Waals surface area contributed by atoms with E-state index in [-0.39, 0.29) is 17.3 Å². The number of ether oxygens (including phenoxy) is 1. The van der Waals surface area contributed by atoms with Gasteiger partial charge in [-0.05, 0) is 33.6 Å². The maximum atomic E-state index is 11.8.